The number of aromatic amines is 1. The minimum absolute atomic E-state index is 0.322. The van der Waals surface area contributed by atoms with E-state index in [2.05, 4.69) is 15.1 Å². The molecule has 6 nitrogen and oxygen atoms in total. The molecule has 1 aromatic rings. The van der Waals surface area contributed by atoms with Crippen LogP contribution < -0.4 is 0 Å². The smallest absolute Gasteiger partial charge is 0.246 e. The van der Waals surface area contributed by atoms with E-state index in [-0.39, 0.29) is 0 Å². The lowest BCUT2D eigenvalue weighted by Crippen LogP contribution is -2.36. The average molecular weight is 321 g/mol. The number of rotatable bonds is 4. The first-order valence-electron chi connectivity index (χ1n) is 6.77. The van der Waals surface area contributed by atoms with Gasteiger partial charge in [-0.15, -0.1) is 11.6 Å². The van der Waals surface area contributed by atoms with Gasteiger partial charge in [0, 0.05) is 32.1 Å². The zero-order chi connectivity index (χ0) is 14.8. The Morgan fingerprint density at radius 3 is 2.60 bits per heavy atom. The van der Waals surface area contributed by atoms with Crippen LogP contribution in [0.1, 0.15) is 17.8 Å². The molecule has 2 heterocycles. The fourth-order valence-electron chi connectivity index (χ4n) is 2.58. The fraction of sp³-hybridized carbons (Fsp3) is 0.750. The Balaban J connectivity index is 2.18. The summed E-state index contributed by atoms with van der Waals surface area (Å²) in [5.41, 5.74) is 1.13. The standard InChI is InChI=1S/C12H21ClN4O2S/c1-10-12(11(2)15-14-10)20(18,19)17-6-3-5-16(7-4-13)8-9-17/h3-9H2,1-2H3,(H,14,15). The van der Waals surface area contributed by atoms with E-state index in [1.807, 2.05) is 0 Å². The Morgan fingerprint density at radius 1 is 1.25 bits per heavy atom. The number of halogens is 1. The first-order chi connectivity index (χ1) is 9.46. The highest BCUT2D eigenvalue weighted by atomic mass is 35.5. The minimum Gasteiger partial charge on any atom is -0.301 e. The highest BCUT2D eigenvalue weighted by Crippen LogP contribution is 2.22. The molecule has 0 saturated carbocycles. The van der Waals surface area contributed by atoms with Crippen LogP contribution >= 0.6 is 11.6 Å². The highest BCUT2D eigenvalue weighted by molar-refractivity contribution is 7.89. The topological polar surface area (TPSA) is 69.3 Å². The Bertz CT molecular complexity index is 538. The summed E-state index contributed by atoms with van der Waals surface area (Å²) in [4.78, 5) is 2.53. The third-order valence-electron chi connectivity index (χ3n) is 3.61. The Kier molecular flexibility index (Phi) is 5.06. The van der Waals surface area contributed by atoms with Crippen molar-refractivity contribution < 1.29 is 8.42 Å². The van der Waals surface area contributed by atoms with Gasteiger partial charge in [-0.1, -0.05) is 0 Å². The molecule has 2 rings (SSSR count). The molecule has 0 aromatic carbocycles. The fourth-order valence-corrected chi connectivity index (χ4v) is 4.62. The summed E-state index contributed by atoms with van der Waals surface area (Å²) in [5.74, 6) is 0.576. The van der Waals surface area contributed by atoms with Crippen molar-refractivity contribution in [3.63, 3.8) is 0 Å². The van der Waals surface area contributed by atoms with E-state index in [1.165, 1.54) is 0 Å². The molecule has 20 heavy (non-hydrogen) atoms. The van der Waals surface area contributed by atoms with E-state index in [4.69, 9.17) is 11.6 Å². The van der Waals surface area contributed by atoms with Gasteiger partial charge in [0.2, 0.25) is 10.0 Å². The molecule has 0 radical (unpaired) electrons. The van der Waals surface area contributed by atoms with E-state index >= 15 is 0 Å². The third-order valence-corrected chi connectivity index (χ3v) is 5.94. The Morgan fingerprint density at radius 2 is 2.00 bits per heavy atom. The van der Waals surface area contributed by atoms with Gasteiger partial charge in [-0.3, -0.25) is 5.10 Å². The molecule has 114 valence electrons. The Hall–Kier alpha value is -0.630. The van der Waals surface area contributed by atoms with Gasteiger partial charge in [-0.05, 0) is 26.8 Å². The van der Waals surface area contributed by atoms with Crippen LogP contribution in [0.2, 0.25) is 0 Å². The second-order valence-corrected chi connectivity index (χ2v) is 7.30. The van der Waals surface area contributed by atoms with Gasteiger partial charge in [0.1, 0.15) is 4.90 Å². The maximum Gasteiger partial charge on any atom is 0.246 e. The second kappa shape index (κ2) is 6.43. The molecule has 1 aliphatic rings. The number of hydrogen-bond donors (Lipinski definition) is 1. The lowest BCUT2D eigenvalue weighted by atomic mass is 10.4. The van der Waals surface area contributed by atoms with Gasteiger partial charge in [-0.25, -0.2) is 8.42 Å². The van der Waals surface area contributed by atoms with Crippen LogP contribution in [0.3, 0.4) is 0 Å². The van der Waals surface area contributed by atoms with Crippen molar-refractivity contribution in [3.8, 4) is 0 Å². The number of hydrogen-bond acceptors (Lipinski definition) is 4. The molecule has 0 bridgehead atoms. The maximum atomic E-state index is 12.7. The molecule has 1 fully saturated rings. The van der Waals surface area contributed by atoms with Gasteiger partial charge in [0.15, 0.2) is 0 Å². The lowest BCUT2D eigenvalue weighted by Gasteiger charge is -2.21. The van der Waals surface area contributed by atoms with E-state index in [0.29, 0.717) is 35.3 Å². The van der Waals surface area contributed by atoms with Crippen molar-refractivity contribution in [1.29, 1.82) is 0 Å². The van der Waals surface area contributed by atoms with Gasteiger partial charge >= 0.3 is 0 Å². The van der Waals surface area contributed by atoms with E-state index in [9.17, 15) is 8.42 Å². The number of nitrogens with one attached hydrogen (secondary N) is 1. The SMILES string of the molecule is Cc1n[nH]c(C)c1S(=O)(=O)N1CCCN(CCCl)CC1. The summed E-state index contributed by atoms with van der Waals surface area (Å²) in [6.07, 6.45) is 0.825. The predicted octanol–water partition coefficient (Wildman–Crippen LogP) is 0.962. The van der Waals surface area contributed by atoms with Crippen molar-refractivity contribution in [2.75, 3.05) is 38.6 Å². The summed E-state index contributed by atoms with van der Waals surface area (Å²) in [6.45, 7) is 6.93. The second-order valence-electron chi connectivity index (χ2n) is 5.05. The van der Waals surface area contributed by atoms with Crippen molar-refractivity contribution in [2.24, 2.45) is 0 Å². The summed E-state index contributed by atoms with van der Waals surface area (Å²) in [6, 6.07) is 0. The molecule has 1 saturated heterocycles. The van der Waals surface area contributed by atoms with Crippen LogP contribution in [0.4, 0.5) is 0 Å². The highest BCUT2D eigenvalue weighted by Gasteiger charge is 2.30. The molecule has 1 aliphatic heterocycles. The number of aryl methyl sites for hydroxylation is 2. The molecule has 0 unspecified atom stereocenters. The monoisotopic (exact) mass is 320 g/mol. The van der Waals surface area contributed by atoms with Gasteiger partial charge in [-0.2, -0.15) is 9.40 Å². The number of aromatic nitrogens is 2. The molecule has 8 heteroatoms. The first-order valence-corrected chi connectivity index (χ1v) is 8.74. The van der Waals surface area contributed by atoms with Crippen LogP contribution in [0.5, 0.6) is 0 Å². The summed E-state index contributed by atoms with van der Waals surface area (Å²) in [5, 5.41) is 6.73. The average Bonchev–Trinajstić information content (AvgIpc) is 2.62. The van der Waals surface area contributed by atoms with Crippen molar-refractivity contribution in [2.45, 2.75) is 25.2 Å². The number of sulfonamides is 1. The van der Waals surface area contributed by atoms with Crippen LogP contribution in [0.25, 0.3) is 0 Å². The van der Waals surface area contributed by atoms with E-state index in [0.717, 1.165) is 26.1 Å². The molecule has 0 spiro atoms. The zero-order valence-electron chi connectivity index (χ0n) is 11.9. The molecular weight excluding hydrogens is 300 g/mol. The summed E-state index contributed by atoms with van der Waals surface area (Å²) >= 11 is 5.75. The minimum atomic E-state index is -3.46. The number of nitrogens with zero attached hydrogens (tertiary/aromatic N) is 3. The van der Waals surface area contributed by atoms with Crippen molar-refractivity contribution >= 4 is 21.6 Å². The van der Waals surface area contributed by atoms with Gasteiger partial charge < -0.3 is 4.90 Å². The summed E-state index contributed by atoms with van der Waals surface area (Å²) in [7, 11) is -3.46. The molecule has 1 aromatic heterocycles. The van der Waals surface area contributed by atoms with Crippen molar-refractivity contribution in [3.05, 3.63) is 11.4 Å². The molecule has 0 amide bonds. The lowest BCUT2D eigenvalue weighted by molar-refractivity contribution is 0.303. The molecule has 0 aliphatic carbocycles. The predicted molar refractivity (Wildman–Crippen MR) is 78.6 cm³/mol. The molecule has 1 N–H and O–H groups in total. The quantitative estimate of drug-likeness (QED) is 0.839. The van der Waals surface area contributed by atoms with E-state index in [1.54, 1.807) is 18.2 Å². The number of alkyl halides is 1. The third kappa shape index (κ3) is 3.16. The van der Waals surface area contributed by atoms with Crippen molar-refractivity contribution in [1.82, 2.24) is 19.4 Å². The van der Waals surface area contributed by atoms with Gasteiger partial charge in [0.25, 0.3) is 0 Å². The van der Waals surface area contributed by atoms with Crippen LogP contribution in [0, 0.1) is 13.8 Å². The Labute approximate surface area is 125 Å². The molecular formula is C12H21ClN4O2S. The maximum absolute atomic E-state index is 12.7. The summed E-state index contributed by atoms with van der Waals surface area (Å²) < 4.78 is 27.0. The first kappa shape index (κ1) is 15.8. The van der Waals surface area contributed by atoms with E-state index < -0.39 is 10.0 Å². The van der Waals surface area contributed by atoms with Gasteiger partial charge in [0.05, 0.1) is 11.4 Å². The number of H-pyrrole nitrogens is 1. The largest absolute Gasteiger partial charge is 0.301 e. The van der Waals surface area contributed by atoms with Crippen LogP contribution in [-0.2, 0) is 10.0 Å². The zero-order valence-corrected chi connectivity index (χ0v) is 13.5. The molecule has 0 atom stereocenters. The normalized spacial score (nSPS) is 19.1. The van der Waals surface area contributed by atoms with Crippen LogP contribution in [-0.4, -0.2) is 66.4 Å². The van der Waals surface area contributed by atoms with Crippen LogP contribution in [0.15, 0.2) is 4.90 Å².